The molecule has 1 aromatic heterocycles. The number of nitrogen functional groups attached to an aromatic ring is 1. The number of hydrogen-bond acceptors (Lipinski definition) is 4. The molecule has 0 radical (unpaired) electrons. The Kier molecular flexibility index (Phi) is 3.29. The third-order valence-corrected chi connectivity index (χ3v) is 2.48. The van der Waals surface area contributed by atoms with E-state index in [1.165, 1.54) is 17.1 Å². The molecule has 0 fully saturated rings. The Balaban J connectivity index is 2.08. The molecule has 2 rings (SSSR count). The van der Waals surface area contributed by atoms with Crippen LogP contribution in [-0.4, -0.2) is 26.0 Å². The van der Waals surface area contributed by atoms with E-state index in [1.807, 2.05) is 31.2 Å². The number of nitrogens with two attached hydrogens (primary N) is 1. The third kappa shape index (κ3) is 2.67. The number of hydroxylamine groups is 2. The van der Waals surface area contributed by atoms with Crippen molar-refractivity contribution in [2.24, 2.45) is 0 Å². The van der Waals surface area contributed by atoms with Crippen LogP contribution in [0.25, 0.3) is 0 Å². The highest BCUT2D eigenvalue weighted by Crippen LogP contribution is 2.07. The summed E-state index contributed by atoms with van der Waals surface area (Å²) in [5.74, 6) is -0.145. The summed E-state index contributed by atoms with van der Waals surface area (Å²) in [7, 11) is 0. The van der Waals surface area contributed by atoms with E-state index in [-0.39, 0.29) is 12.5 Å². The van der Waals surface area contributed by atoms with E-state index >= 15 is 0 Å². The van der Waals surface area contributed by atoms with Gasteiger partial charge in [0, 0.05) is 0 Å². The van der Waals surface area contributed by atoms with Gasteiger partial charge in [0.2, 0.25) is 5.96 Å². The number of hydrogen-bond donors (Lipinski definition) is 3. The van der Waals surface area contributed by atoms with Crippen LogP contribution in [0.5, 0.6) is 0 Å². The molecule has 0 aliphatic heterocycles. The van der Waals surface area contributed by atoms with Gasteiger partial charge in [-0.3, -0.25) is 10.6 Å². The number of nitrogens with zero attached hydrogens (tertiary/aromatic N) is 3. The quantitative estimate of drug-likeness (QED) is 0.424. The fourth-order valence-electron chi connectivity index (χ4n) is 1.63. The zero-order chi connectivity index (χ0) is 13.1. The second kappa shape index (κ2) is 4.89. The Bertz CT molecular complexity index is 563. The van der Waals surface area contributed by atoms with Gasteiger partial charge in [0.25, 0.3) is 0 Å². The predicted molar refractivity (Wildman–Crippen MR) is 68.3 cm³/mol. The Hall–Kier alpha value is -2.34. The maximum absolute atomic E-state index is 9.83. The van der Waals surface area contributed by atoms with Gasteiger partial charge < -0.3 is 5.73 Å². The Morgan fingerprint density at radius 3 is 2.94 bits per heavy atom. The van der Waals surface area contributed by atoms with Crippen molar-refractivity contribution < 1.29 is 5.21 Å². The van der Waals surface area contributed by atoms with Crippen molar-refractivity contribution in [2.75, 3.05) is 5.73 Å². The van der Waals surface area contributed by atoms with Gasteiger partial charge in [0.1, 0.15) is 0 Å². The standard InChI is InChI=1S/C12H15N5O/c1-9-3-2-4-10(5-9)7-17(18)12(14)16-8-11(13)6-15-16/h2-6,8,14,18H,7,13H2,1H3. The number of aromatic nitrogens is 2. The molecule has 0 spiro atoms. The van der Waals surface area contributed by atoms with Gasteiger partial charge in [-0.2, -0.15) is 5.10 Å². The van der Waals surface area contributed by atoms with Crippen LogP contribution in [-0.2, 0) is 6.54 Å². The fourth-order valence-corrected chi connectivity index (χ4v) is 1.63. The Morgan fingerprint density at radius 2 is 2.33 bits per heavy atom. The molecule has 0 aliphatic carbocycles. The van der Waals surface area contributed by atoms with Crippen LogP contribution in [0.4, 0.5) is 5.69 Å². The molecule has 0 bridgehead atoms. The Morgan fingerprint density at radius 1 is 1.56 bits per heavy atom. The summed E-state index contributed by atoms with van der Waals surface area (Å²) in [5.41, 5.74) is 7.98. The van der Waals surface area contributed by atoms with E-state index in [1.54, 1.807) is 0 Å². The molecular weight excluding hydrogens is 230 g/mol. The van der Waals surface area contributed by atoms with E-state index in [0.29, 0.717) is 5.69 Å². The van der Waals surface area contributed by atoms with Crippen molar-refractivity contribution in [3.8, 4) is 0 Å². The van der Waals surface area contributed by atoms with Gasteiger partial charge in [0.05, 0.1) is 24.6 Å². The number of benzene rings is 1. The SMILES string of the molecule is Cc1cccc(CN(O)C(=N)n2cc(N)cn2)c1. The first-order valence-electron chi connectivity index (χ1n) is 5.47. The average Bonchev–Trinajstić information content (AvgIpc) is 2.75. The van der Waals surface area contributed by atoms with Crippen LogP contribution in [0, 0.1) is 12.3 Å². The minimum absolute atomic E-state index is 0.145. The van der Waals surface area contributed by atoms with Crippen molar-refractivity contribution in [3.05, 3.63) is 47.8 Å². The van der Waals surface area contributed by atoms with Crippen LogP contribution in [0.3, 0.4) is 0 Å². The molecule has 0 unspecified atom stereocenters. The minimum atomic E-state index is -0.145. The maximum Gasteiger partial charge on any atom is 0.243 e. The highest BCUT2D eigenvalue weighted by Gasteiger charge is 2.10. The molecule has 1 heterocycles. The molecule has 6 heteroatoms. The first kappa shape index (κ1) is 12.1. The highest BCUT2D eigenvalue weighted by molar-refractivity contribution is 5.77. The zero-order valence-corrected chi connectivity index (χ0v) is 10.0. The summed E-state index contributed by atoms with van der Waals surface area (Å²) in [4.78, 5) is 0. The van der Waals surface area contributed by atoms with Gasteiger partial charge in [0.15, 0.2) is 0 Å². The average molecular weight is 245 g/mol. The first-order valence-corrected chi connectivity index (χ1v) is 5.47. The maximum atomic E-state index is 9.83. The van der Waals surface area contributed by atoms with Gasteiger partial charge in [-0.05, 0) is 12.5 Å². The molecule has 94 valence electrons. The summed E-state index contributed by atoms with van der Waals surface area (Å²) in [5, 5.41) is 22.3. The lowest BCUT2D eigenvalue weighted by Crippen LogP contribution is -2.32. The summed E-state index contributed by atoms with van der Waals surface area (Å²) in [6.45, 7) is 2.20. The lowest BCUT2D eigenvalue weighted by atomic mass is 10.1. The molecule has 0 saturated carbocycles. The predicted octanol–water partition coefficient (Wildman–Crippen LogP) is 1.45. The molecule has 0 saturated heterocycles. The lowest BCUT2D eigenvalue weighted by molar-refractivity contribution is -0.0283. The fraction of sp³-hybridized carbons (Fsp3) is 0.167. The Labute approximate surface area is 105 Å². The van der Waals surface area contributed by atoms with Crippen LogP contribution in [0.15, 0.2) is 36.7 Å². The second-order valence-electron chi connectivity index (χ2n) is 4.09. The first-order chi connectivity index (χ1) is 8.56. The van der Waals surface area contributed by atoms with Crippen LogP contribution in [0.1, 0.15) is 11.1 Å². The van der Waals surface area contributed by atoms with E-state index < -0.39 is 0 Å². The van der Waals surface area contributed by atoms with Crippen molar-refractivity contribution in [1.82, 2.24) is 14.8 Å². The van der Waals surface area contributed by atoms with Crippen molar-refractivity contribution in [1.29, 1.82) is 5.41 Å². The van der Waals surface area contributed by atoms with E-state index in [0.717, 1.165) is 16.2 Å². The molecule has 0 amide bonds. The summed E-state index contributed by atoms with van der Waals surface area (Å²) >= 11 is 0. The van der Waals surface area contributed by atoms with Gasteiger partial charge in [-0.25, -0.2) is 9.75 Å². The molecule has 1 aromatic carbocycles. The molecule has 4 N–H and O–H groups in total. The summed E-state index contributed by atoms with van der Waals surface area (Å²) in [6.07, 6.45) is 2.90. The summed E-state index contributed by atoms with van der Waals surface area (Å²) in [6, 6.07) is 7.73. The number of nitrogens with one attached hydrogen (secondary N) is 1. The van der Waals surface area contributed by atoms with Gasteiger partial charge >= 0.3 is 0 Å². The molecule has 0 aliphatic rings. The molecule has 18 heavy (non-hydrogen) atoms. The molecular formula is C12H15N5O. The van der Waals surface area contributed by atoms with E-state index in [4.69, 9.17) is 11.1 Å². The topological polar surface area (TPSA) is 91.2 Å². The van der Waals surface area contributed by atoms with Crippen molar-refractivity contribution >= 4 is 11.6 Å². The molecule has 0 atom stereocenters. The largest absolute Gasteiger partial charge is 0.396 e. The van der Waals surface area contributed by atoms with Gasteiger partial charge in [-0.15, -0.1) is 0 Å². The minimum Gasteiger partial charge on any atom is -0.396 e. The van der Waals surface area contributed by atoms with E-state index in [2.05, 4.69) is 5.10 Å². The van der Waals surface area contributed by atoms with E-state index in [9.17, 15) is 5.21 Å². The normalized spacial score (nSPS) is 10.3. The van der Waals surface area contributed by atoms with Crippen LogP contribution < -0.4 is 5.73 Å². The number of anilines is 1. The number of aryl methyl sites for hydroxylation is 1. The smallest absolute Gasteiger partial charge is 0.243 e. The highest BCUT2D eigenvalue weighted by atomic mass is 16.5. The third-order valence-electron chi connectivity index (χ3n) is 2.48. The second-order valence-corrected chi connectivity index (χ2v) is 4.09. The molecule has 2 aromatic rings. The lowest BCUT2D eigenvalue weighted by Gasteiger charge is -2.17. The monoisotopic (exact) mass is 245 g/mol. The molecule has 6 nitrogen and oxygen atoms in total. The van der Waals surface area contributed by atoms with Crippen LogP contribution >= 0.6 is 0 Å². The number of rotatable bonds is 2. The van der Waals surface area contributed by atoms with Crippen molar-refractivity contribution in [3.63, 3.8) is 0 Å². The van der Waals surface area contributed by atoms with Gasteiger partial charge in [-0.1, -0.05) is 29.8 Å². The zero-order valence-electron chi connectivity index (χ0n) is 10.0. The van der Waals surface area contributed by atoms with Crippen LogP contribution in [0.2, 0.25) is 0 Å². The van der Waals surface area contributed by atoms with Crippen molar-refractivity contribution in [2.45, 2.75) is 13.5 Å². The summed E-state index contributed by atoms with van der Waals surface area (Å²) < 4.78 is 1.21.